The molecule has 98 valence electrons. The number of benzene rings is 1. The fourth-order valence-corrected chi connectivity index (χ4v) is 1.80. The average molecular weight is 248 g/mol. The number of ketones is 2. The first-order chi connectivity index (χ1) is 8.33. The Bertz CT molecular complexity index is 441. The highest BCUT2D eigenvalue weighted by Crippen LogP contribution is 2.22. The first-order valence-electron chi connectivity index (χ1n) is 6.01. The molecule has 3 heteroatoms. The molecule has 0 amide bonds. The van der Waals surface area contributed by atoms with Gasteiger partial charge in [-0.15, -0.1) is 0 Å². The van der Waals surface area contributed by atoms with Crippen molar-refractivity contribution in [1.29, 1.82) is 0 Å². The van der Waals surface area contributed by atoms with Crippen LogP contribution >= 0.6 is 0 Å². The molecule has 0 fully saturated rings. The number of rotatable bonds is 5. The van der Waals surface area contributed by atoms with Crippen molar-refractivity contribution in [1.82, 2.24) is 0 Å². The van der Waals surface area contributed by atoms with Gasteiger partial charge in [-0.2, -0.15) is 0 Å². The molecule has 1 aromatic carbocycles. The first kappa shape index (κ1) is 14.4. The molecule has 0 saturated carbocycles. The number of carbonyl (C=O) groups is 2. The van der Waals surface area contributed by atoms with Crippen LogP contribution in [0.5, 0.6) is 5.75 Å². The summed E-state index contributed by atoms with van der Waals surface area (Å²) in [5.41, 5.74) is 0.389. The Morgan fingerprint density at radius 2 is 1.78 bits per heavy atom. The average Bonchev–Trinajstić information content (AvgIpc) is 2.26. The summed E-state index contributed by atoms with van der Waals surface area (Å²) in [4.78, 5) is 23.8. The highest BCUT2D eigenvalue weighted by atomic mass is 16.5. The molecule has 0 bridgehead atoms. The molecule has 0 heterocycles. The second kappa shape index (κ2) is 5.80. The van der Waals surface area contributed by atoms with Gasteiger partial charge >= 0.3 is 0 Å². The van der Waals surface area contributed by atoms with Crippen LogP contribution in [0.25, 0.3) is 0 Å². The molecule has 1 aromatic rings. The lowest BCUT2D eigenvalue weighted by atomic mass is 9.88. The molecule has 0 aliphatic heterocycles. The molecular formula is C15H20O3. The lowest BCUT2D eigenvalue weighted by molar-refractivity contribution is -0.119. The molecule has 0 N–H and O–H groups in total. The third-order valence-electron chi connectivity index (χ3n) is 2.49. The Labute approximate surface area is 108 Å². The molecule has 0 unspecified atom stereocenters. The molecule has 0 radical (unpaired) electrons. The lowest BCUT2D eigenvalue weighted by Crippen LogP contribution is -2.16. The maximum absolute atomic E-state index is 12.0. The van der Waals surface area contributed by atoms with Crippen molar-refractivity contribution in [3.8, 4) is 5.75 Å². The largest absolute Gasteiger partial charge is 0.496 e. The second-order valence-electron chi connectivity index (χ2n) is 5.58. The van der Waals surface area contributed by atoms with Crippen LogP contribution in [0.3, 0.4) is 0 Å². The van der Waals surface area contributed by atoms with E-state index < -0.39 is 0 Å². The number of hydrogen-bond donors (Lipinski definition) is 0. The zero-order valence-electron chi connectivity index (χ0n) is 11.4. The van der Waals surface area contributed by atoms with Crippen LogP contribution in [-0.4, -0.2) is 18.7 Å². The maximum Gasteiger partial charge on any atom is 0.173 e. The third-order valence-corrected chi connectivity index (χ3v) is 2.49. The van der Waals surface area contributed by atoms with Crippen molar-refractivity contribution < 1.29 is 14.3 Å². The topological polar surface area (TPSA) is 43.4 Å². The van der Waals surface area contributed by atoms with Gasteiger partial charge in [-0.25, -0.2) is 0 Å². The summed E-state index contributed by atoms with van der Waals surface area (Å²) in [5.74, 6) is 0.311. The minimum atomic E-state index is -0.179. The molecule has 0 aliphatic carbocycles. The van der Waals surface area contributed by atoms with E-state index in [0.29, 0.717) is 17.7 Å². The van der Waals surface area contributed by atoms with Gasteiger partial charge in [0, 0.05) is 6.42 Å². The van der Waals surface area contributed by atoms with Crippen LogP contribution in [0.2, 0.25) is 0 Å². The van der Waals surface area contributed by atoms with Crippen LogP contribution in [-0.2, 0) is 4.79 Å². The third kappa shape index (κ3) is 4.32. The second-order valence-corrected chi connectivity index (χ2v) is 5.58. The van der Waals surface area contributed by atoms with E-state index in [4.69, 9.17) is 4.74 Å². The molecule has 1 rings (SSSR count). The number of Topliss-reactive ketones (excluding diaryl/α,β-unsaturated/α-hetero) is 2. The van der Waals surface area contributed by atoms with Gasteiger partial charge < -0.3 is 4.74 Å². The van der Waals surface area contributed by atoms with E-state index in [9.17, 15) is 9.59 Å². The molecular weight excluding hydrogens is 228 g/mol. The Morgan fingerprint density at radius 3 is 2.33 bits per heavy atom. The van der Waals surface area contributed by atoms with Crippen LogP contribution in [0.1, 0.15) is 44.0 Å². The summed E-state index contributed by atoms with van der Waals surface area (Å²) < 4.78 is 5.12. The number of hydrogen-bond acceptors (Lipinski definition) is 3. The Hall–Kier alpha value is -1.64. The summed E-state index contributed by atoms with van der Waals surface area (Å²) in [5, 5.41) is 0. The van der Waals surface area contributed by atoms with Gasteiger partial charge in [0.25, 0.3) is 0 Å². The van der Waals surface area contributed by atoms with Gasteiger partial charge in [0.05, 0.1) is 19.1 Å². The Balaban J connectivity index is 2.74. The zero-order chi connectivity index (χ0) is 13.8. The van der Waals surface area contributed by atoms with Crippen molar-refractivity contribution in [2.75, 3.05) is 7.11 Å². The predicted molar refractivity (Wildman–Crippen MR) is 71.0 cm³/mol. The van der Waals surface area contributed by atoms with E-state index in [1.165, 1.54) is 7.11 Å². The van der Waals surface area contributed by atoms with Crippen LogP contribution in [0, 0.1) is 5.41 Å². The minimum Gasteiger partial charge on any atom is -0.496 e. The zero-order valence-corrected chi connectivity index (χ0v) is 11.4. The molecule has 0 aliphatic rings. The predicted octanol–water partition coefficient (Wildman–Crippen LogP) is 3.27. The fraction of sp³-hybridized carbons (Fsp3) is 0.467. The number of carbonyl (C=O) groups excluding carboxylic acids is 2. The van der Waals surface area contributed by atoms with E-state index >= 15 is 0 Å². The van der Waals surface area contributed by atoms with Crippen molar-refractivity contribution >= 4 is 11.6 Å². The first-order valence-corrected chi connectivity index (χ1v) is 6.01. The van der Waals surface area contributed by atoms with Gasteiger partial charge in [0.15, 0.2) is 5.78 Å². The molecule has 0 spiro atoms. The fourth-order valence-electron chi connectivity index (χ4n) is 1.80. The van der Waals surface area contributed by atoms with E-state index in [0.717, 1.165) is 0 Å². The summed E-state index contributed by atoms with van der Waals surface area (Å²) in [6.45, 7) is 5.95. The highest BCUT2D eigenvalue weighted by Gasteiger charge is 2.20. The van der Waals surface area contributed by atoms with Gasteiger partial charge in [-0.3, -0.25) is 9.59 Å². The SMILES string of the molecule is COc1ccccc1C(=O)CC(=O)CC(C)(C)C. The molecule has 0 aromatic heterocycles. The van der Waals surface area contributed by atoms with Crippen molar-refractivity contribution in [3.63, 3.8) is 0 Å². The summed E-state index contributed by atoms with van der Waals surface area (Å²) >= 11 is 0. The number of para-hydroxylation sites is 1. The van der Waals surface area contributed by atoms with Crippen LogP contribution in [0.4, 0.5) is 0 Å². The molecule has 18 heavy (non-hydrogen) atoms. The van der Waals surface area contributed by atoms with E-state index in [2.05, 4.69) is 0 Å². The summed E-state index contributed by atoms with van der Waals surface area (Å²) in [7, 11) is 1.52. The lowest BCUT2D eigenvalue weighted by Gasteiger charge is -2.16. The molecule has 3 nitrogen and oxygen atoms in total. The highest BCUT2D eigenvalue weighted by molar-refractivity contribution is 6.09. The number of ether oxygens (including phenoxy) is 1. The van der Waals surface area contributed by atoms with Gasteiger partial charge in [0.1, 0.15) is 11.5 Å². The molecule has 0 saturated heterocycles. The minimum absolute atomic E-state index is 0.0293. The van der Waals surface area contributed by atoms with Crippen molar-refractivity contribution in [3.05, 3.63) is 29.8 Å². The van der Waals surface area contributed by atoms with Crippen LogP contribution < -0.4 is 4.74 Å². The van der Waals surface area contributed by atoms with Crippen molar-refractivity contribution in [2.45, 2.75) is 33.6 Å². The normalized spacial score (nSPS) is 11.1. The smallest absolute Gasteiger partial charge is 0.173 e. The summed E-state index contributed by atoms with van der Waals surface area (Å²) in [6, 6.07) is 6.98. The van der Waals surface area contributed by atoms with E-state index in [1.54, 1.807) is 24.3 Å². The maximum atomic E-state index is 12.0. The van der Waals surface area contributed by atoms with Crippen LogP contribution in [0.15, 0.2) is 24.3 Å². The standard InChI is InChI=1S/C15H20O3/c1-15(2,3)10-11(16)9-13(17)12-7-5-6-8-14(12)18-4/h5-8H,9-10H2,1-4H3. The number of methoxy groups -OCH3 is 1. The van der Waals surface area contributed by atoms with Gasteiger partial charge in [0.2, 0.25) is 0 Å². The molecule has 0 atom stereocenters. The summed E-state index contributed by atoms with van der Waals surface area (Å²) in [6.07, 6.45) is 0.353. The Morgan fingerprint density at radius 1 is 1.17 bits per heavy atom. The Kier molecular flexibility index (Phi) is 4.65. The quantitative estimate of drug-likeness (QED) is 0.593. The van der Waals surface area contributed by atoms with Crippen molar-refractivity contribution in [2.24, 2.45) is 5.41 Å². The van der Waals surface area contributed by atoms with E-state index in [-0.39, 0.29) is 23.4 Å². The van der Waals surface area contributed by atoms with E-state index in [1.807, 2.05) is 20.8 Å². The van der Waals surface area contributed by atoms with Gasteiger partial charge in [-0.05, 0) is 17.5 Å². The monoisotopic (exact) mass is 248 g/mol. The van der Waals surface area contributed by atoms with Gasteiger partial charge in [-0.1, -0.05) is 32.9 Å².